The van der Waals surface area contributed by atoms with E-state index in [2.05, 4.69) is 24.5 Å². The molecule has 0 amide bonds. The molecule has 0 aromatic heterocycles. The second kappa shape index (κ2) is 9.77. The first-order valence-corrected chi connectivity index (χ1v) is 5.69. The van der Waals surface area contributed by atoms with Crippen molar-refractivity contribution in [3.63, 3.8) is 0 Å². The summed E-state index contributed by atoms with van der Waals surface area (Å²) in [6, 6.07) is 0. The fourth-order valence-electron chi connectivity index (χ4n) is 1.23. The first kappa shape index (κ1) is 14.2. The second-order valence-corrected chi connectivity index (χ2v) is 3.94. The summed E-state index contributed by atoms with van der Waals surface area (Å²) in [7, 11) is 3.47. The van der Waals surface area contributed by atoms with Crippen LogP contribution in [0.2, 0.25) is 0 Å². The standard InChI is InChI=1S/C10H23NO2S/c1-10(9-14)8-11(4-6-12-2)5-7-13-3/h10,14H,4-9H2,1-3H3. The molecule has 4 heteroatoms. The van der Waals surface area contributed by atoms with Gasteiger partial charge in [-0.1, -0.05) is 6.92 Å². The Morgan fingerprint density at radius 3 is 2.00 bits per heavy atom. The summed E-state index contributed by atoms with van der Waals surface area (Å²) in [4.78, 5) is 2.36. The number of hydrogen-bond donors (Lipinski definition) is 1. The van der Waals surface area contributed by atoms with Crippen molar-refractivity contribution < 1.29 is 9.47 Å². The van der Waals surface area contributed by atoms with Crippen LogP contribution in [0.5, 0.6) is 0 Å². The van der Waals surface area contributed by atoms with E-state index >= 15 is 0 Å². The number of ether oxygens (including phenoxy) is 2. The molecule has 0 spiro atoms. The van der Waals surface area contributed by atoms with Crippen molar-refractivity contribution in [2.45, 2.75) is 6.92 Å². The Kier molecular flexibility index (Phi) is 9.93. The van der Waals surface area contributed by atoms with Crippen LogP contribution in [0, 0.1) is 5.92 Å². The molecule has 3 nitrogen and oxygen atoms in total. The largest absolute Gasteiger partial charge is 0.383 e. The minimum absolute atomic E-state index is 0.618. The predicted molar refractivity (Wildman–Crippen MR) is 63.2 cm³/mol. The highest BCUT2D eigenvalue weighted by Crippen LogP contribution is 2.01. The van der Waals surface area contributed by atoms with Crippen molar-refractivity contribution >= 4 is 12.6 Å². The van der Waals surface area contributed by atoms with E-state index in [4.69, 9.17) is 9.47 Å². The Balaban J connectivity index is 3.71. The van der Waals surface area contributed by atoms with Gasteiger partial charge >= 0.3 is 0 Å². The lowest BCUT2D eigenvalue weighted by Crippen LogP contribution is -2.34. The Labute approximate surface area is 93.2 Å². The molecule has 0 saturated heterocycles. The molecule has 0 aliphatic rings. The molecule has 0 aliphatic heterocycles. The number of methoxy groups -OCH3 is 2. The molecule has 0 N–H and O–H groups in total. The van der Waals surface area contributed by atoms with Crippen LogP contribution in [-0.2, 0) is 9.47 Å². The Morgan fingerprint density at radius 2 is 1.64 bits per heavy atom. The molecular weight excluding hydrogens is 198 g/mol. The molecule has 0 bridgehead atoms. The maximum Gasteiger partial charge on any atom is 0.0589 e. The second-order valence-electron chi connectivity index (χ2n) is 3.57. The third-order valence-corrected chi connectivity index (χ3v) is 2.73. The van der Waals surface area contributed by atoms with Crippen LogP contribution in [0.25, 0.3) is 0 Å². The maximum absolute atomic E-state index is 5.07. The van der Waals surface area contributed by atoms with Gasteiger partial charge in [-0.15, -0.1) is 0 Å². The van der Waals surface area contributed by atoms with Gasteiger partial charge in [0.2, 0.25) is 0 Å². The molecule has 0 rings (SSSR count). The van der Waals surface area contributed by atoms with E-state index in [1.165, 1.54) is 0 Å². The van der Waals surface area contributed by atoms with Gasteiger partial charge in [-0.25, -0.2) is 0 Å². The van der Waals surface area contributed by atoms with E-state index in [1.54, 1.807) is 14.2 Å². The van der Waals surface area contributed by atoms with Crippen molar-refractivity contribution in [1.29, 1.82) is 0 Å². The van der Waals surface area contributed by atoms with Crippen molar-refractivity contribution in [2.24, 2.45) is 5.92 Å². The van der Waals surface area contributed by atoms with Crippen LogP contribution in [0.3, 0.4) is 0 Å². The third-order valence-electron chi connectivity index (χ3n) is 2.10. The van der Waals surface area contributed by atoms with Crippen LogP contribution in [0.15, 0.2) is 0 Å². The van der Waals surface area contributed by atoms with Gasteiger partial charge in [-0.2, -0.15) is 12.6 Å². The van der Waals surface area contributed by atoms with Crippen LogP contribution >= 0.6 is 12.6 Å². The summed E-state index contributed by atoms with van der Waals surface area (Å²) in [5, 5.41) is 0. The average molecular weight is 221 g/mol. The van der Waals surface area contributed by atoms with Crippen molar-refractivity contribution in [1.82, 2.24) is 4.90 Å². The molecule has 86 valence electrons. The minimum atomic E-state index is 0.618. The molecular formula is C10H23NO2S. The highest BCUT2D eigenvalue weighted by atomic mass is 32.1. The summed E-state index contributed by atoms with van der Waals surface area (Å²) >= 11 is 4.28. The van der Waals surface area contributed by atoms with Gasteiger partial charge in [0.1, 0.15) is 0 Å². The Hall–Kier alpha value is 0.230. The minimum Gasteiger partial charge on any atom is -0.383 e. The third kappa shape index (κ3) is 7.62. The zero-order valence-electron chi connectivity index (χ0n) is 9.53. The van der Waals surface area contributed by atoms with E-state index in [9.17, 15) is 0 Å². The SMILES string of the molecule is COCCN(CCOC)CC(C)CS. The number of thiol groups is 1. The Morgan fingerprint density at radius 1 is 1.14 bits per heavy atom. The fourth-order valence-corrected chi connectivity index (χ4v) is 1.35. The van der Waals surface area contributed by atoms with Crippen molar-refractivity contribution in [2.75, 3.05) is 52.8 Å². The van der Waals surface area contributed by atoms with Gasteiger partial charge in [-0.05, 0) is 11.7 Å². The summed E-state index contributed by atoms with van der Waals surface area (Å²) in [5.74, 6) is 1.54. The maximum atomic E-state index is 5.07. The van der Waals surface area contributed by atoms with E-state index in [0.717, 1.165) is 38.6 Å². The highest BCUT2D eigenvalue weighted by molar-refractivity contribution is 7.80. The zero-order chi connectivity index (χ0) is 10.8. The summed E-state index contributed by atoms with van der Waals surface area (Å²) < 4.78 is 10.1. The quantitative estimate of drug-likeness (QED) is 0.590. The summed E-state index contributed by atoms with van der Waals surface area (Å²) in [6.45, 7) is 6.78. The van der Waals surface area contributed by atoms with Crippen LogP contribution in [0.1, 0.15) is 6.92 Å². The van der Waals surface area contributed by atoms with E-state index in [-0.39, 0.29) is 0 Å². The number of rotatable bonds is 9. The first-order chi connectivity index (χ1) is 6.74. The molecule has 0 fully saturated rings. The molecule has 0 heterocycles. The number of nitrogens with zero attached hydrogens (tertiary/aromatic N) is 1. The average Bonchev–Trinajstić information content (AvgIpc) is 2.21. The normalized spacial score (nSPS) is 13.5. The summed E-state index contributed by atoms with van der Waals surface area (Å²) in [6.07, 6.45) is 0. The molecule has 0 aliphatic carbocycles. The van der Waals surface area contributed by atoms with Crippen LogP contribution in [-0.4, -0.2) is 57.7 Å². The van der Waals surface area contributed by atoms with Crippen LogP contribution < -0.4 is 0 Å². The topological polar surface area (TPSA) is 21.7 Å². The molecule has 1 unspecified atom stereocenters. The molecule has 0 aromatic rings. The van der Waals surface area contributed by atoms with Crippen LogP contribution in [0.4, 0.5) is 0 Å². The highest BCUT2D eigenvalue weighted by Gasteiger charge is 2.08. The smallest absolute Gasteiger partial charge is 0.0589 e. The monoisotopic (exact) mass is 221 g/mol. The van der Waals surface area contributed by atoms with Crippen molar-refractivity contribution in [3.05, 3.63) is 0 Å². The Bertz CT molecular complexity index is 117. The van der Waals surface area contributed by atoms with Gasteiger partial charge in [0.15, 0.2) is 0 Å². The lowest BCUT2D eigenvalue weighted by molar-refractivity contribution is 0.107. The van der Waals surface area contributed by atoms with E-state index in [0.29, 0.717) is 5.92 Å². The van der Waals surface area contributed by atoms with Gasteiger partial charge in [0, 0.05) is 33.9 Å². The fraction of sp³-hybridized carbons (Fsp3) is 1.00. The molecule has 0 aromatic carbocycles. The first-order valence-electron chi connectivity index (χ1n) is 5.05. The van der Waals surface area contributed by atoms with Gasteiger partial charge in [0.05, 0.1) is 13.2 Å². The molecule has 1 atom stereocenters. The molecule has 14 heavy (non-hydrogen) atoms. The van der Waals surface area contributed by atoms with E-state index in [1.807, 2.05) is 0 Å². The molecule has 0 saturated carbocycles. The van der Waals surface area contributed by atoms with E-state index < -0.39 is 0 Å². The van der Waals surface area contributed by atoms with Gasteiger partial charge < -0.3 is 9.47 Å². The molecule has 0 radical (unpaired) electrons. The number of hydrogen-bond acceptors (Lipinski definition) is 4. The zero-order valence-corrected chi connectivity index (χ0v) is 10.4. The summed E-state index contributed by atoms with van der Waals surface area (Å²) in [5.41, 5.74) is 0. The van der Waals surface area contributed by atoms with Crippen molar-refractivity contribution in [3.8, 4) is 0 Å². The lowest BCUT2D eigenvalue weighted by atomic mass is 10.2. The lowest BCUT2D eigenvalue weighted by Gasteiger charge is -2.24. The van der Waals surface area contributed by atoms with Gasteiger partial charge in [-0.3, -0.25) is 4.90 Å². The van der Waals surface area contributed by atoms with Gasteiger partial charge in [0.25, 0.3) is 0 Å². The predicted octanol–water partition coefficient (Wildman–Crippen LogP) is 1.15.